The molecule has 1 aromatic heterocycles. The molecule has 0 N–H and O–H groups in total. The summed E-state index contributed by atoms with van der Waals surface area (Å²) in [6.45, 7) is 2.96. The van der Waals surface area contributed by atoms with E-state index >= 15 is 0 Å². The van der Waals surface area contributed by atoms with E-state index in [9.17, 15) is 9.59 Å². The zero-order valence-corrected chi connectivity index (χ0v) is 19.8. The lowest BCUT2D eigenvalue weighted by molar-refractivity contribution is -0.132. The van der Waals surface area contributed by atoms with Crippen LogP contribution in [-0.4, -0.2) is 58.9 Å². The number of hydrogen-bond acceptors (Lipinski definition) is 3. The van der Waals surface area contributed by atoms with E-state index in [0.717, 1.165) is 35.1 Å². The first kappa shape index (κ1) is 21.5. The molecule has 6 rings (SSSR count). The van der Waals surface area contributed by atoms with Crippen molar-refractivity contribution in [3.05, 3.63) is 102 Å². The Balaban J connectivity index is 1.27. The number of carbonyl (C=O) groups is 2. The Labute approximate surface area is 205 Å². The van der Waals surface area contributed by atoms with Gasteiger partial charge in [-0.25, -0.2) is 0 Å². The Morgan fingerprint density at radius 1 is 0.829 bits per heavy atom. The highest BCUT2D eigenvalue weighted by Gasteiger charge is 2.40. The maximum Gasteiger partial charge on any atom is 0.255 e. The molecule has 2 aliphatic rings. The number of benzene rings is 3. The van der Waals surface area contributed by atoms with Crippen LogP contribution in [0.2, 0.25) is 0 Å². The zero-order chi connectivity index (χ0) is 23.9. The molecule has 1 atom stereocenters. The molecule has 0 unspecified atom stereocenters. The Morgan fingerprint density at radius 3 is 2.31 bits per heavy atom. The van der Waals surface area contributed by atoms with Gasteiger partial charge < -0.3 is 19.3 Å². The summed E-state index contributed by atoms with van der Waals surface area (Å²) in [7, 11) is 2.02. The Hall–Kier alpha value is -4.06. The highest BCUT2D eigenvalue weighted by molar-refractivity contribution is 6.02. The molecule has 176 valence electrons. The summed E-state index contributed by atoms with van der Waals surface area (Å²) in [5, 5.41) is 1.11. The highest BCUT2D eigenvalue weighted by Crippen LogP contribution is 2.41. The van der Waals surface area contributed by atoms with Crippen molar-refractivity contribution < 1.29 is 9.59 Å². The van der Waals surface area contributed by atoms with E-state index in [1.54, 1.807) is 4.90 Å². The minimum Gasteiger partial charge on any atom is -0.368 e. The lowest BCUT2D eigenvalue weighted by Gasteiger charge is -2.37. The fourth-order valence-electron chi connectivity index (χ4n) is 5.56. The Morgan fingerprint density at radius 2 is 1.51 bits per heavy atom. The SMILES string of the molecule is Cn1cc([C@H]2c3ccccc3C(=O)N2CC(=O)N2CCN(c3ccccc3)CC2)c2ccccc21. The molecule has 0 bridgehead atoms. The van der Waals surface area contributed by atoms with Crippen LogP contribution in [-0.2, 0) is 11.8 Å². The third-order valence-corrected chi connectivity index (χ3v) is 7.34. The number of hydrogen-bond donors (Lipinski definition) is 0. The highest BCUT2D eigenvalue weighted by atomic mass is 16.2. The first-order valence-corrected chi connectivity index (χ1v) is 12.1. The smallest absolute Gasteiger partial charge is 0.255 e. The molecule has 0 radical (unpaired) electrons. The summed E-state index contributed by atoms with van der Waals surface area (Å²) >= 11 is 0. The van der Waals surface area contributed by atoms with Gasteiger partial charge in [-0.1, -0.05) is 54.6 Å². The van der Waals surface area contributed by atoms with E-state index in [0.29, 0.717) is 18.7 Å². The van der Waals surface area contributed by atoms with E-state index in [-0.39, 0.29) is 24.4 Å². The van der Waals surface area contributed by atoms with Crippen molar-refractivity contribution in [3.8, 4) is 0 Å². The van der Waals surface area contributed by atoms with Gasteiger partial charge in [0.05, 0.1) is 6.04 Å². The van der Waals surface area contributed by atoms with Crippen LogP contribution in [0, 0.1) is 0 Å². The monoisotopic (exact) mass is 464 g/mol. The molecule has 3 aromatic carbocycles. The maximum absolute atomic E-state index is 13.5. The number of carbonyl (C=O) groups excluding carboxylic acids is 2. The van der Waals surface area contributed by atoms with Crippen LogP contribution in [0.5, 0.6) is 0 Å². The van der Waals surface area contributed by atoms with Crippen LogP contribution in [0.15, 0.2) is 85.1 Å². The number of nitrogens with zero attached hydrogens (tertiary/aromatic N) is 4. The zero-order valence-electron chi connectivity index (χ0n) is 19.8. The molecule has 3 heterocycles. The second-order valence-corrected chi connectivity index (χ2v) is 9.34. The van der Waals surface area contributed by atoms with Crippen LogP contribution in [0.1, 0.15) is 27.5 Å². The van der Waals surface area contributed by atoms with E-state index < -0.39 is 0 Å². The van der Waals surface area contributed by atoms with Gasteiger partial charge in [0.25, 0.3) is 5.91 Å². The molecule has 6 heteroatoms. The lowest BCUT2D eigenvalue weighted by atomic mass is 9.97. The van der Waals surface area contributed by atoms with Gasteiger partial charge in [-0.3, -0.25) is 9.59 Å². The van der Waals surface area contributed by atoms with E-state index in [2.05, 4.69) is 39.9 Å². The van der Waals surface area contributed by atoms with Gasteiger partial charge in [-0.2, -0.15) is 0 Å². The third-order valence-electron chi connectivity index (χ3n) is 7.34. The van der Waals surface area contributed by atoms with Crippen molar-refractivity contribution in [2.75, 3.05) is 37.6 Å². The summed E-state index contributed by atoms with van der Waals surface area (Å²) in [6, 6.07) is 26.0. The van der Waals surface area contributed by atoms with Crippen LogP contribution in [0.3, 0.4) is 0 Å². The number of rotatable bonds is 4. The van der Waals surface area contributed by atoms with E-state index in [4.69, 9.17) is 0 Å². The largest absolute Gasteiger partial charge is 0.368 e. The fourth-order valence-corrected chi connectivity index (χ4v) is 5.56. The van der Waals surface area contributed by atoms with Gasteiger partial charge in [-0.05, 0) is 29.8 Å². The van der Waals surface area contributed by atoms with Crippen molar-refractivity contribution in [2.45, 2.75) is 6.04 Å². The van der Waals surface area contributed by atoms with Crippen LogP contribution >= 0.6 is 0 Å². The van der Waals surface area contributed by atoms with Gasteiger partial charge in [-0.15, -0.1) is 0 Å². The van der Waals surface area contributed by atoms with Gasteiger partial charge in [0.1, 0.15) is 6.54 Å². The molecular weight excluding hydrogens is 436 g/mol. The molecule has 2 aliphatic heterocycles. The first-order valence-electron chi connectivity index (χ1n) is 12.1. The molecule has 1 fully saturated rings. The lowest BCUT2D eigenvalue weighted by Crippen LogP contribution is -2.51. The standard InChI is InChI=1S/C29H28N4O2/c1-30-19-25(22-11-7-8-14-26(22)30)28-23-12-5-6-13-24(23)29(35)33(28)20-27(34)32-17-15-31(16-18-32)21-9-3-2-4-10-21/h2-14,19,28H,15-18,20H2,1H3/t28-/m1/s1. The average Bonchev–Trinajstić information content (AvgIpc) is 3.38. The average molecular weight is 465 g/mol. The summed E-state index contributed by atoms with van der Waals surface area (Å²) in [4.78, 5) is 32.9. The molecule has 0 spiro atoms. The Bertz CT molecular complexity index is 1400. The maximum atomic E-state index is 13.5. The van der Waals surface area contributed by atoms with Crippen LogP contribution in [0.4, 0.5) is 5.69 Å². The van der Waals surface area contributed by atoms with Crippen molar-refractivity contribution >= 4 is 28.4 Å². The van der Waals surface area contributed by atoms with Crippen LogP contribution < -0.4 is 4.90 Å². The number of aryl methyl sites for hydroxylation is 1. The summed E-state index contributed by atoms with van der Waals surface area (Å²) in [6.07, 6.45) is 2.10. The molecule has 1 saturated heterocycles. The second kappa shape index (κ2) is 8.62. The predicted molar refractivity (Wildman–Crippen MR) is 137 cm³/mol. The minimum absolute atomic E-state index is 0.00380. The van der Waals surface area contributed by atoms with E-state index in [1.165, 1.54) is 5.69 Å². The van der Waals surface area contributed by atoms with Gasteiger partial charge in [0.15, 0.2) is 0 Å². The molecule has 6 nitrogen and oxygen atoms in total. The molecule has 0 aliphatic carbocycles. The fraction of sp³-hybridized carbons (Fsp3) is 0.241. The molecule has 4 aromatic rings. The van der Waals surface area contributed by atoms with Crippen LogP contribution in [0.25, 0.3) is 10.9 Å². The van der Waals surface area contributed by atoms with Crippen molar-refractivity contribution in [1.82, 2.24) is 14.4 Å². The molecule has 2 amide bonds. The van der Waals surface area contributed by atoms with Gasteiger partial charge in [0, 0.05) is 67.1 Å². The van der Waals surface area contributed by atoms with Crippen molar-refractivity contribution in [2.24, 2.45) is 7.05 Å². The summed E-state index contributed by atoms with van der Waals surface area (Å²) in [5.74, 6) is -0.0705. The number of amides is 2. The third kappa shape index (κ3) is 3.66. The topological polar surface area (TPSA) is 48.8 Å². The summed E-state index contributed by atoms with van der Waals surface area (Å²) in [5.41, 5.74) is 5.01. The number of fused-ring (bicyclic) bond motifs is 2. The van der Waals surface area contributed by atoms with Crippen molar-refractivity contribution in [3.63, 3.8) is 0 Å². The molecular formula is C29H28N4O2. The second-order valence-electron chi connectivity index (χ2n) is 9.34. The first-order chi connectivity index (χ1) is 17.1. The normalized spacial score (nSPS) is 17.8. The quantitative estimate of drug-likeness (QED) is 0.458. The Kier molecular flexibility index (Phi) is 5.29. The van der Waals surface area contributed by atoms with Gasteiger partial charge >= 0.3 is 0 Å². The number of piperazine rings is 1. The number of aromatic nitrogens is 1. The van der Waals surface area contributed by atoms with Crippen molar-refractivity contribution in [1.29, 1.82) is 0 Å². The van der Waals surface area contributed by atoms with Gasteiger partial charge in [0.2, 0.25) is 5.91 Å². The number of para-hydroxylation sites is 2. The summed E-state index contributed by atoms with van der Waals surface area (Å²) < 4.78 is 2.10. The molecule has 0 saturated carbocycles. The number of anilines is 1. The predicted octanol–water partition coefficient (Wildman–Crippen LogP) is 4.07. The molecule has 35 heavy (non-hydrogen) atoms. The van der Waals surface area contributed by atoms with E-state index in [1.807, 2.05) is 66.5 Å². The minimum atomic E-state index is -0.278.